The first-order chi connectivity index (χ1) is 12.5. The summed E-state index contributed by atoms with van der Waals surface area (Å²) in [5.74, 6) is 0.813. The van der Waals surface area contributed by atoms with Gasteiger partial charge in [0.05, 0.1) is 18.1 Å². The van der Waals surface area contributed by atoms with Crippen molar-refractivity contribution < 1.29 is 13.2 Å². The molecule has 0 fully saturated rings. The van der Waals surface area contributed by atoms with E-state index in [4.69, 9.17) is 4.74 Å². The monoisotopic (exact) mass is 379 g/mol. The highest BCUT2D eigenvalue weighted by atomic mass is 32.2. The van der Waals surface area contributed by atoms with Crippen LogP contribution in [0.2, 0.25) is 0 Å². The van der Waals surface area contributed by atoms with Crippen molar-refractivity contribution in [1.82, 2.24) is 10.6 Å². The highest BCUT2D eigenvalue weighted by Gasteiger charge is 2.06. The van der Waals surface area contributed by atoms with Gasteiger partial charge in [-0.3, -0.25) is 4.99 Å². The van der Waals surface area contributed by atoms with Crippen molar-refractivity contribution in [1.29, 1.82) is 0 Å². The first kappa shape index (κ1) is 20.5. The van der Waals surface area contributed by atoms with E-state index in [1.165, 1.54) is 11.8 Å². The molecule has 1 aromatic rings. The van der Waals surface area contributed by atoms with Gasteiger partial charge in [0.25, 0.3) is 0 Å². The van der Waals surface area contributed by atoms with Crippen molar-refractivity contribution in [2.45, 2.75) is 31.1 Å². The molecule has 6 nitrogen and oxygen atoms in total. The van der Waals surface area contributed by atoms with Crippen LogP contribution in [0.3, 0.4) is 0 Å². The topological polar surface area (TPSA) is 79.8 Å². The Labute approximate surface area is 156 Å². The Morgan fingerprint density at radius 2 is 1.96 bits per heavy atom. The van der Waals surface area contributed by atoms with Crippen molar-refractivity contribution in [2.75, 3.05) is 39.1 Å². The number of hydrogen-bond acceptors (Lipinski definition) is 4. The maximum Gasteiger partial charge on any atom is 0.191 e. The summed E-state index contributed by atoms with van der Waals surface area (Å²) in [7, 11) is -3.14. The van der Waals surface area contributed by atoms with E-state index in [1.807, 2.05) is 19.1 Å². The predicted octanol–water partition coefficient (Wildman–Crippen LogP) is 1.92. The van der Waals surface area contributed by atoms with Crippen molar-refractivity contribution in [3.63, 3.8) is 0 Å². The van der Waals surface area contributed by atoms with Gasteiger partial charge in [-0.1, -0.05) is 23.8 Å². The summed E-state index contributed by atoms with van der Waals surface area (Å²) >= 11 is 0. The Morgan fingerprint density at radius 1 is 1.19 bits per heavy atom. The number of benzene rings is 1. The third-order valence-electron chi connectivity index (χ3n) is 4.16. The van der Waals surface area contributed by atoms with E-state index in [0.717, 1.165) is 63.6 Å². The number of aliphatic imine (C=N–C) groups is 1. The number of rotatable bonds is 8. The van der Waals surface area contributed by atoms with Crippen molar-refractivity contribution in [3.05, 3.63) is 41.5 Å². The zero-order chi connectivity index (χ0) is 18.8. The lowest BCUT2D eigenvalue weighted by Crippen LogP contribution is -2.38. The van der Waals surface area contributed by atoms with E-state index < -0.39 is 9.84 Å². The average Bonchev–Trinajstić information content (AvgIpc) is 2.62. The van der Waals surface area contributed by atoms with Gasteiger partial charge in [0.2, 0.25) is 0 Å². The lowest BCUT2D eigenvalue weighted by atomic mass is 10.1. The molecular formula is C19H29N3O3S. The maximum absolute atomic E-state index is 11.5. The minimum absolute atomic E-state index is 0.353. The Hall–Kier alpha value is -1.86. The quantitative estimate of drug-likeness (QED) is 0.410. The van der Waals surface area contributed by atoms with E-state index in [0.29, 0.717) is 4.90 Å². The van der Waals surface area contributed by atoms with Crippen LogP contribution in [-0.4, -0.2) is 53.5 Å². The number of ether oxygens (including phenoxy) is 1. The molecule has 0 amide bonds. The summed E-state index contributed by atoms with van der Waals surface area (Å²) < 4.78 is 28.3. The van der Waals surface area contributed by atoms with Gasteiger partial charge in [0.15, 0.2) is 15.8 Å². The molecule has 1 aliphatic heterocycles. The highest BCUT2D eigenvalue weighted by molar-refractivity contribution is 7.90. The fraction of sp³-hybridized carbons (Fsp3) is 0.526. The smallest absolute Gasteiger partial charge is 0.191 e. The molecule has 2 rings (SSSR count). The molecule has 0 saturated heterocycles. The van der Waals surface area contributed by atoms with Crippen LogP contribution >= 0.6 is 0 Å². The third-order valence-corrected chi connectivity index (χ3v) is 5.29. The normalized spacial score (nSPS) is 15.5. The molecule has 0 aliphatic carbocycles. The van der Waals surface area contributed by atoms with Crippen LogP contribution in [0.4, 0.5) is 0 Å². The average molecular weight is 380 g/mol. The van der Waals surface area contributed by atoms with Crippen LogP contribution in [0, 0.1) is 0 Å². The molecule has 144 valence electrons. The minimum atomic E-state index is -3.14. The summed E-state index contributed by atoms with van der Waals surface area (Å²) in [6, 6.07) is 7.04. The number of guanidine groups is 1. The van der Waals surface area contributed by atoms with Crippen molar-refractivity contribution in [3.8, 4) is 0 Å². The second-order valence-electron chi connectivity index (χ2n) is 6.29. The third kappa shape index (κ3) is 7.17. The summed E-state index contributed by atoms with van der Waals surface area (Å²) in [5, 5.41) is 6.58. The molecule has 1 aliphatic rings. The largest absolute Gasteiger partial charge is 0.377 e. The highest BCUT2D eigenvalue weighted by Crippen LogP contribution is 2.12. The Balaban J connectivity index is 1.80. The molecule has 0 aromatic heterocycles. The molecule has 7 heteroatoms. The zero-order valence-corrected chi connectivity index (χ0v) is 16.4. The van der Waals surface area contributed by atoms with Crippen LogP contribution in [-0.2, 0) is 21.0 Å². The van der Waals surface area contributed by atoms with Crippen LogP contribution in [0.25, 0.3) is 0 Å². The second kappa shape index (κ2) is 10.3. The van der Waals surface area contributed by atoms with Gasteiger partial charge in [0.1, 0.15) is 0 Å². The first-order valence-electron chi connectivity index (χ1n) is 9.06. The van der Waals surface area contributed by atoms with Gasteiger partial charge in [-0.05, 0) is 43.9 Å². The summed E-state index contributed by atoms with van der Waals surface area (Å²) in [4.78, 5) is 4.97. The van der Waals surface area contributed by atoms with Gasteiger partial charge < -0.3 is 15.4 Å². The zero-order valence-electron chi connectivity index (χ0n) is 15.6. The molecule has 0 bridgehead atoms. The fourth-order valence-corrected chi connectivity index (χ4v) is 3.30. The lowest BCUT2D eigenvalue weighted by molar-refractivity contribution is 0.153. The van der Waals surface area contributed by atoms with E-state index in [9.17, 15) is 8.42 Å². The Kier molecular flexibility index (Phi) is 8.12. The number of nitrogens with one attached hydrogen (secondary N) is 2. The molecule has 0 atom stereocenters. The minimum Gasteiger partial charge on any atom is -0.377 e. The molecule has 0 saturated carbocycles. The summed E-state index contributed by atoms with van der Waals surface area (Å²) in [6.45, 7) is 5.87. The Bertz CT molecular complexity index is 725. The standard InChI is InChI=1S/C19H29N3O3S/c1-3-20-19(22-13-9-17-10-14-25-15-11-17)21-12-8-16-4-6-18(7-5-16)26(2,23)24/h4-7,10H,3,8-9,11-15H2,1-2H3,(H2,20,21,22). The molecule has 26 heavy (non-hydrogen) atoms. The van der Waals surface area contributed by atoms with Crippen molar-refractivity contribution >= 4 is 15.8 Å². The van der Waals surface area contributed by atoms with Crippen LogP contribution in [0.15, 0.2) is 45.8 Å². The molecule has 0 spiro atoms. The van der Waals surface area contributed by atoms with Gasteiger partial charge >= 0.3 is 0 Å². The fourth-order valence-electron chi connectivity index (χ4n) is 2.67. The van der Waals surface area contributed by atoms with Crippen LogP contribution in [0.1, 0.15) is 25.3 Å². The molecule has 2 N–H and O–H groups in total. The maximum atomic E-state index is 11.5. The molecular weight excluding hydrogens is 350 g/mol. The van der Waals surface area contributed by atoms with Gasteiger partial charge in [-0.15, -0.1) is 0 Å². The van der Waals surface area contributed by atoms with Gasteiger partial charge in [-0.2, -0.15) is 0 Å². The van der Waals surface area contributed by atoms with Crippen LogP contribution < -0.4 is 10.6 Å². The number of sulfone groups is 1. The molecule has 0 radical (unpaired) electrons. The van der Waals surface area contributed by atoms with Gasteiger partial charge in [-0.25, -0.2) is 8.42 Å². The second-order valence-corrected chi connectivity index (χ2v) is 8.31. The SMILES string of the molecule is CCNC(=NCCC1=CCOCC1)NCCc1ccc(S(C)(=O)=O)cc1. The van der Waals surface area contributed by atoms with Crippen molar-refractivity contribution in [2.24, 2.45) is 4.99 Å². The molecule has 0 unspecified atom stereocenters. The summed E-state index contributed by atoms with van der Waals surface area (Å²) in [5.41, 5.74) is 2.51. The number of hydrogen-bond donors (Lipinski definition) is 2. The molecule has 1 aromatic carbocycles. The Morgan fingerprint density at radius 3 is 2.58 bits per heavy atom. The first-order valence-corrected chi connectivity index (χ1v) is 10.9. The number of nitrogens with zero attached hydrogens (tertiary/aromatic N) is 1. The van der Waals surface area contributed by atoms with E-state index in [2.05, 4.69) is 21.7 Å². The van der Waals surface area contributed by atoms with E-state index in [1.54, 1.807) is 12.1 Å². The predicted molar refractivity (Wildman–Crippen MR) is 105 cm³/mol. The van der Waals surface area contributed by atoms with E-state index >= 15 is 0 Å². The van der Waals surface area contributed by atoms with Gasteiger partial charge in [0, 0.05) is 25.9 Å². The van der Waals surface area contributed by atoms with Crippen LogP contribution in [0.5, 0.6) is 0 Å². The van der Waals surface area contributed by atoms with E-state index in [-0.39, 0.29) is 0 Å². The lowest BCUT2D eigenvalue weighted by Gasteiger charge is -2.14. The summed E-state index contributed by atoms with van der Waals surface area (Å²) in [6.07, 6.45) is 6.14. The molecule has 1 heterocycles.